The molecule has 0 amide bonds. The SMILES string of the molecule is CCCCCCCC[C@@H]1CCC2C(CCC3C[C@H](Cl)CCC32)C1. The van der Waals surface area contributed by atoms with Gasteiger partial charge in [-0.1, -0.05) is 58.3 Å². The number of alkyl halides is 1. The van der Waals surface area contributed by atoms with Crippen molar-refractivity contribution >= 4 is 11.6 Å². The van der Waals surface area contributed by atoms with Crippen molar-refractivity contribution in [1.29, 1.82) is 0 Å². The van der Waals surface area contributed by atoms with Crippen LogP contribution in [0, 0.1) is 29.6 Å². The average Bonchev–Trinajstić information content (AvgIpc) is 2.57. The van der Waals surface area contributed by atoms with E-state index in [-0.39, 0.29) is 0 Å². The molecule has 0 heterocycles. The average molecular weight is 339 g/mol. The fraction of sp³-hybridized carbons (Fsp3) is 1.00. The van der Waals surface area contributed by atoms with Gasteiger partial charge >= 0.3 is 0 Å². The Balaban J connectivity index is 1.38. The van der Waals surface area contributed by atoms with Crippen LogP contribution in [0.4, 0.5) is 0 Å². The Hall–Kier alpha value is 0.290. The Morgan fingerprint density at radius 3 is 2.13 bits per heavy atom. The lowest BCUT2D eigenvalue weighted by atomic mass is 9.56. The van der Waals surface area contributed by atoms with Gasteiger partial charge in [-0.3, -0.25) is 0 Å². The van der Waals surface area contributed by atoms with Gasteiger partial charge in [0.25, 0.3) is 0 Å². The van der Waals surface area contributed by atoms with Crippen LogP contribution in [0.25, 0.3) is 0 Å². The van der Waals surface area contributed by atoms with Gasteiger partial charge in [-0.25, -0.2) is 0 Å². The highest BCUT2D eigenvalue weighted by molar-refractivity contribution is 6.20. The molecule has 0 aromatic rings. The Kier molecular flexibility index (Phi) is 7.17. The molecule has 4 unspecified atom stereocenters. The van der Waals surface area contributed by atoms with Gasteiger partial charge in [-0.2, -0.15) is 0 Å². The Bertz CT molecular complexity index is 339. The maximum absolute atomic E-state index is 6.44. The molecule has 3 fully saturated rings. The van der Waals surface area contributed by atoms with Gasteiger partial charge in [-0.05, 0) is 74.5 Å². The summed E-state index contributed by atoms with van der Waals surface area (Å²) in [5.41, 5.74) is 0. The number of unbranched alkanes of at least 4 members (excludes halogenated alkanes) is 5. The first kappa shape index (κ1) is 18.1. The predicted molar refractivity (Wildman–Crippen MR) is 102 cm³/mol. The second-order valence-corrected chi connectivity index (χ2v) is 9.69. The molecule has 6 atom stereocenters. The molecule has 134 valence electrons. The van der Waals surface area contributed by atoms with E-state index in [1.807, 2.05) is 0 Å². The second kappa shape index (κ2) is 9.12. The number of fused-ring (bicyclic) bond motifs is 3. The quantitative estimate of drug-likeness (QED) is 0.331. The van der Waals surface area contributed by atoms with Crippen LogP contribution < -0.4 is 0 Å². The van der Waals surface area contributed by atoms with Crippen LogP contribution in [0.3, 0.4) is 0 Å². The van der Waals surface area contributed by atoms with Crippen LogP contribution in [0.5, 0.6) is 0 Å². The zero-order valence-electron chi connectivity index (χ0n) is 15.4. The fourth-order valence-corrected chi connectivity index (χ4v) is 6.66. The third-order valence-corrected chi connectivity index (χ3v) is 7.95. The summed E-state index contributed by atoms with van der Waals surface area (Å²) < 4.78 is 0. The minimum atomic E-state index is 0.497. The molecule has 0 radical (unpaired) electrons. The van der Waals surface area contributed by atoms with Gasteiger partial charge in [0.15, 0.2) is 0 Å². The number of halogens is 1. The molecule has 0 nitrogen and oxygen atoms in total. The summed E-state index contributed by atoms with van der Waals surface area (Å²) in [6.07, 6.45) is 22.1. The molecule has 3 saturated carbocycles. The van der Waals surface area contributed by atoms with Gasteiger partial charge < -0.3 is 0 Å². The minimum Gasteiger partial charge on any atom is -0.123 e. The van der Waals surface area contributed by atoms with Crippen LogP contribution >= 0.6 is 11.6 Å². The number of rotatable bonds is 7. The summed E-state index contributed by atoms with van der Waals surface area (Å²) in [5, 5.41) is 0.497. The van der Waals surface area contributed by atoms with Crippen molar-refractivity contribution in [3.63, 3.8) is 0 Å². The summed E-state index contributed by atoms with van der Waals surface area (Å²) in [6.45, 7) is 2.31. The molecule has 3 aliphatic carbocycles. The van der Waals surface area contributed by atoms with E-state index in [1.54, 1.807) is 19.3 Å². The zero-order valence-corrected chi connectivity index (χ0v) is 16.2. The lowest BCUT2D eigenvalue weighted by Crippen LogP contribution is -2.41. The summed E-state index contributed by atoms with van der Waals surface area (Å²) >= 11 is 6.44. The highest BCUT2D eigenvalue weighted by atomic mass is 35.5. The molecule has 0 aromatic carbocycles. The monoisotopic (exact) mass is 338 g/mol. The maximum Gasteiger partial charge on any atom is 0.0338 e. The van der Waals surface area contributed by atoms with E-state index >= 15 is 0 Å². The van der Waals surface area contributed by atoms with Gasteiger partial charge in [0, 0.05) is 5.38 Å². The van der Waals surface area contributed by atoms with Crippen molar-refractivity contribution in [3.05, 3.63) is 0 Å². The Labute approximate surface area is 150 Å². The summed E-state index contributed by atoms with van der Waals surface area (Å²) in [5.74, 6) is 5.28. The second-order valence-electron chi connectivity index (χ2n) is 9.07. The topological polar surface area (TPSA) is 0 Å². The van der Waals surface area contributed by atoms with Crippen LogP contribution in [0.1, 0.15) is 103 Å². The van der Waals surface area contributed by atoms with E-state index in [9.17, 15) is 0 Å². The Morgan fingerprint density at radius 2 is 1.35 bits per heavy atom. The molecular formula is C22H39Cl. The molecule has 23 heavy (non-hydrogen) atoms. The van der Waals surface area contributed by atoms with Gasteiger partial charge in [0.05, 0.1) is 0 Å². The highest BCUT2D eigenvalue weighted by Crippen LogP contribution is 2.53. The predicted octanol–water partition coefficient (Wildman–Crippen LogP) is 7.59. The molecule has 3 aliphatic rings. The van der Waals surface area contributed by atoms with E-state index in [0.29, 0.717) is 5.38 Å². The van der Waals surface area contributed by atoms with Crippen LogP contribution in [0.15, 0.2) is 0 Å². The van der Waals surface area contributed by atoms with Crippen LogP contribution in [-0.4, -0.2) is 5.38 Å². The van der Waals surface area contributed by atoms with Crippen molar-refractivity contribution < 1.29 is 0 Å². The highest BCUT2D eigenvalue weighted by Gasteiger charge is 2.44. The third-order valence-electron chi connectivity index (χ3n) is 7.55. The molecule has 0 N–H and O–H groups in total. The van der Waals surface area contributed by atoms with Gasteiger partial charge in [-0.15, -0.1) is 11.6 Å². The summed E-state index contributed by atoms with van der Waals surface area (Å²) in [7, 11) is 0. The van der Waals surface area contributed by atoms with Crippen molar-refractivity contribution in [3.8, 4) is 0 Å². The lowest BCUT2D eigenvalue weighted by Gasteiger charge is -2.50. The van der Waals surface area contributed by atoms with Crippen molar-refractivity contribution in [2.24, 2.45) is 29.6 Å². The summed E-state index contributed by atoms with van der Waals surface area (Å²) in [6, 6.07) is 0. The van der Waals surface area contributed by atoms with Crippen LogP contribution in [0.2, 0.25) is 0 Å². The molecule has 0 aliphatic heterocycles. The Morgan fingerprint density at radius 1 is 0.696 bits per heavy atom. The first-order valence-corrected chi connectivity index (χ1v) is 11.4. The smallest absolute Gasteiger partial charge is 0.0338 e. The molecule has 0 spiro atoms. The van der Waals surface area contributed by atoms with E-state index in [2.05, 4.69) is 6.92 Å². The molecular weight excluding hydrogens is 300 g/mol. The van der Waals surface area contributed by atoms with E-state index in [4.69, 9.17) is 11.6 Å². The first-order valence-electron chi connectivity index (χ1n) is 10.9. The molecule has 0 bridgehead atoms. The third kappa shape index (κ3) is 4.90. The summed E-state index contributed by atoms with van der Waals surface area (Å²) in [4.78, 5) is 0. The maximum atomic E-state index is 6.44. The number of hydrogen-bond acceptors (Lipinski definition) is 0. The van der Waals surface area contributed by atoms with Crippen molar-refractivity contribution in [2.45, 2.75) is 109 Å². The number of hydrogen-bond donors (Lipinski definition) is 0. The molecule has 0 saturated heterocycles. The molecule has 1 heteroatoms. The van der Waals surface area contributed by atoms with Gasteiger partial charge in [0.1, 0.15) is 0 Å². The van der Waals surface area contributed by atoms with Crippen LogP contribution in [-0.2, 0) is 0 Å². The largest absolute Gasteiger partial charge is 0.123 e. The molecule has 0 aromatic heterocycles. The van der Waals surface area contributed by atoms with E-state index in [1.165, 1.54) is 77.0 Å². The van der Waals surface area contributed by atoms with Crippen molar-refractivity contribution in [1.82, 2.24) is 0 Å². The zero-order chi connectivity index (χ0) is 16.1. The van der Waals surface area contributed by atoms with Gasteiger partial charge in [0.2, 0.25) is 0 Å². The minimum absolute atomic E-state index is 0.497. The van der Waals surface area contributed by atoms with Crippen molar-refractivity contribution in [2.75, 3.05) is 0 Å². The fourth-order valence-electron chi connectivity index (χ4n) is 6.31. The normalized spacial score (nSPS) is 40.4. The molecule has 3 rings (SSSR count). The first-order chi connectivity index (χ1) is 11.3. The standard InChI is InChI=1S/C22H39Cl/c1-2-3-4-5-6-7-8-17-9-13-21-18(15-17)10-11-19-16-20(23)12-14-22(19)21/h17-22H,2-16H2,1H3/t17-,18?,19?,20-,21?,22?/m1/s1. The van der Waals surface area contributed by atoms with E-state index in [0.717, 1.165) is 29.6 Å². The van der Waals surface area contributed by atoms with E-state index < -0.39 is 0 Å². The lowest BCUT2D eigenvalue weighted by molar-refractivity contribution is 0.0110.